The van der Waals surface area contributed by atoms with E-state index < -0.39 is 5.82 Å². The molecule has 0 bridgehead atoms. The van der Waals surface area contributed by atoms with E-state index in [-0.39, 0.29) is 17.1 Å². The summed E-state index contributed by atoms with van der Waals surface area (Å²) in [5.74, 6) is -0.450. The second-order valence-electron chi connectivity index (χ2n) is 4.33. The van der Waals surface area contributed by atoms with E-state index in [4.69, 9.17) is 27.9 Å². The maximum Gasteiger partial charge on any atom is 0.142 e. The highest BCUT2D eigenvalue weighted by molar-refractivity contribution is 6.36. The second kappa shape index (κ2) is 7.29. The Morgan fingerprint density at radius 3 is 2.61 bits per heavy atom. The van der Waals surface area contributed by atoms with E-state index in [1.54, 1.807) is 7.11 Å². The van der Waals surface area contributed by atoms with Gasteiger partial charge in [-0.2, -0.15) is 0 Å². The molecule has 5 heteroatoms. The molecular formula is C13H18Cl2FNO. The summed E-state index contributed by atoms with van der Waals surface area (Å²) in [6, 6.07) is 2.91. The van der Waals surface area contributed by atoms with Crippen molar-refractivity contribution in [3.63, 3.8) is 0 Å². The molecule has 0 fully saturated rings. The Balaban J connectivity index is 2.78. The molecule has 0 aliphatic rings. The number of nitrogens with one attached hydrogen (secondary N) is 1. The van der Waals surface area contributed by atoms with Crippen molar-refractivity contribution in [2.45, 2.75) is 32.4 Å². The Bertz CT molecular complexity index is 401. The van der Waals surface area contributed by atoms with Crippen molar-refractivity contribution in [3.05, 3.63) is 33.6 Å². The highest BCUT2D eigenvalue weighted by atomic mass is 35.5. The van der Waals surface area contributed by atoms with Gasteiger partial charge in [-0.1, -0.05) is 23.2 Å². The zero-order chi connectivity index (χ0) is 13.7. The third-order valence-electron chi connectivity index (χ3n) is 2.80. The fourth-order valence-corrected chi connectivity index (χ4v) is 2.53. The maximum absolute atomic E-state index is 13.4. The molecule has 2 unspecified atom stereocenters. The molecule has 0 heterocycles. The Labute approximate surface area is 117 Å². The van der Waals surface area contributed by atoms with E-state index in [9.17, 15) is 4.39 Å². The summed E-state index contributed by atoms with van der Waals surface area (Å²) in [5, 5.41) is 3.88. The lowest BCUT2D eigenvalue weighted by atomic mass is 10.1. The monoisotopic (exact) mass is 293 g/mol. The van der Waals surface area contributed by atoms with E-state index in [1.165, 1.54) is 12.1 Å². The zero-order valence-electron chi connectivity index (χ0n) is 10.8. The molecule has 2 nitrogen and oxygen atoms in total. The summed E-state index contributed by atoms with van der Waals surface area (Å²) >= 11 is 12.0. The van der Waals surface area contributed by atoms with Crippen LogP contribution in [0.15, 0.2) is 12.1 Å². The lowest BCUT2D eigenvalue weighted by Gasteiger charge is -2.22. The highest BCUT2D eigenvalue weighted by Crippen LogP contribution is 2.32. The Kier molecular flexibility index (Phi) is 6.36. The second-order valence-corrected chi connectivity index (χ2v) is 5.11. The van der Waals surface area contributed by atoms with Gasteiger partial charge < -0.3 is 10.1 Å². The molecule has 102 valence electrons. The Hall–Kier alpha value is -0.350. The predicted octanol–water partition coefficient (Wildman–Crippen LogP) is 4.21. The molecular weight excluding hydrogens is 276 g/mol. The Morgan fingerprint density at radius 2 is 2.00 bits per heavy atom. The number of hydrogen-bond acceptors (Lipinski definition) is 2. The van der Waals surface area contributed by atoms with E-state index in [0.29, 0.717) is 17.2 Å². The van der Waals surface area contributed by atoms with Gasteiger partial charge in [0.2, 0.25) is 0 Å². The summed E-state index contributed by atoms with van der Waals surface area (Å²) in [5.41, 5.74) is 0.600. The molecule has 0 spiro atoms. The van der Waals surface area contributed by atoms with Crippen molar-refractivity contribution < 1.29 is 9.13 Å². The van der Waals surface area contributed by atoms with Crippen LogP contribution in [0, 0.1) is 5.82 Å². The van der Waals surface area contributed by atoms with Crippen molar-refractivity contribution in [1.29, 1.82) is 0 Å². The maximum atomic E-state index is 13.4. The fourth-order valence-electron chi connectivity index (χ4n) is 1.83. The summed E-state index contributed by atoms with van der Waals surface area (Å²) in [6.45, 7) is 4.62. The van der Waals surface area contributed by atoms with Crippen LogP contribution in [0.3, 0.4) is 0 Å². The highest BCUT2D eigenvalue weighted by Gasteiger charge is 2.18. The fraction of sp³-hybridized carbons (Fsp3) is 0.538. The normalized spacial score (nSPS) is 14.6. The minimum Gasteiger partial charge on any atom is -0.385 e. The SMILES string of the molecule is COCCC(C)NC(C)c1c(Cl)ccc(F)c1Cl. The third kappa shape index (κ3) is 4.09. The van der Waals surface area contributed by atoms with Gasteiger partial charge in [-0.3, -0.25) is 0 Å². The summed E-state index contributed by atoms with van der Waals surface area (Å²) in [6.07, 6.45) is 0.866. The smallest absolute Gasteiger partial charge is 0.142 e. The van der Waals surface area contributed by atoms with Crippen molar-refractivity contribution in [1.82, 2.24) is 5.32 Å². The van der Waals surface area contributed by atoms with Crippen LogP contribution in [0.1, 0.15) is 31.9 Å². The molecule has 0 radical (unpaired) electrons. The van der Waals surface area contributed by atoms with Crippen LogP contribution in [0.2, 0.25) is 10.0 Å². The van der Waals surface area contributed by atoms with Crippen LogP contribution in [0.4, 0.5) is 4.39 Å². The number of methoxy groups -OCH3 is 1. The van der Waals surface area contributed by atoms with Gasteiger partial charge in [-0.15, -0.1) is 0 Å². The predicted molar refractivity (Wildman–Crippen MR) is 73.9 cm³/mol. The number of benzene rings is 1. The van der Waals surface area contributed by atoms with Crippen LogP contribution in [0.5, 0.6) is 0 Å². The van der Waals surface area contributed by atoms with Crippen molar-refractivity contribution in [2.24, 2.45) is 0 Å². The Morgan fingerprint density at radius 1 is 1.33 bits per heavy atom. The molecule has 2 atom stereocenters. The van der Waals surface area contributed by atoms with Gasteiger partial charge in [0, 0.05) is 36.4 Å². The molecule has 0 aromatic heterocycles. The summed E-state index contributed by atoms with van der Waals surface area (Å²) in [7, 11) is 1.66. The lowest BCUT2D eigenvalue weighted by molar-refractivity contribution is 0.183. The summed E-state index contributed by atoms with van der Waals surface area (Å²) < 4.78 is 18.4. The van der Waals surface area contributed by atoms with Gasteiger partial charge in [0.25, 0.3) is 0 Å². The topological polar surface area (TPSA) is 21.3 Å². The zero-order valence-corrected chi connectivity index (χ0v) is 12.3. The van der Waals surface area contributed by atoms with Crippen LogP contribution in [-0.4, -0.2) is 19.8 Å². The number of halogens is 3. The van der Waals surface area contributed by atoms with Gasteiger partial charge in [-0.25, -0.2) is 4.39 Å². The van der Waals surface area contributed by atoms with Crippen LogP contribution < -0.4 is 5.32 Å². The minimum atomic E-state index is -0.450. The minimum absolute atomic E-state index is 0.0847. The van der Waals surface area contributed by atoms with Crippen molar-refractivity contribution >= 4 is 23.2 Å². The van der Waals surface area contributed by atoms with Crippen molar-refractivity contribution in [3.8, 4) is 0 Å². The van der Waals surface area contributed by atoms with Crippen LogP contribution >= 0.6 is 23.2 Å². The molecule has 0 amide bonds. The number of hydrogen-bond donors (Lipinski definition) is 1. The van der Waals surface area contributed by atoms with Crippen LogP contribution in [-0.2, 0) is 4.74 Å². The molecule has 0 aliphatic heterocycles. The third-order valence-corrected chi connectivity index (χ3v) is 3.52. The van der Waals surface area contributed by atoms with Gasteiger partial charge in [0.1, 0.15) is 5.82 Å². The van der Waals surface area contributed by atoms with Gasteiger partial charge in [0.05, 0.1) is 5.02 Å². The molecule has 0 saturated carbocycles. The molecule has 18 heavy (non-hydrogen) atoms. The van der Waals surface area contributed by atoms with E-state index in [1.807, 2.05) is 13.8 Å². The molecule has 1 rings (SSSR count). The van der Waals surface area contributed by atoms with Gasteiger partial charge >= 0.3 is 0 Å². The first-order valence-electron chi connectivity index (χ1n) is 5.85. The summed E-state index contributed by atoms with van der Waals surface area (Å²) in [4.78, 5) is 0. The number of rotatable bonds is 6. The van der Waals surface area contributed by atoms with E-state index >= 15 is 0 Å². The molecule has 0 saturated heterocycles. The van der Waals surface area contributed by atoms with Gasteiger partial charge in [-0.05, 0) is 32.4 Å². The number of ether oxygens (including phenoxy) is 1. The standard InChI is InChI=1S/C13H18Cl2FNO/c1-8(6-7-18-3)17-9(2)12-10(14)4-5-11(16)13(12)15/h4-5,8-9,17H,6-7H2,1-3H3. The van der Waals surface area contributed by atoms with Crippen molar-refractivity contribution in [2.75, 3.05) is 13.7 Å². The molecule has 0 aliphatic carbocycles. The lowest BCUT2D eigenvalue weighted by Crippen LogP contribution is -2.30. The molecule has 1 aromatic carbocycles. The van der Waals surface area contributed by atoms with Gasteiger partial charge in [0.15, 0.2) is 0 Å². The first kappa shape index (κ1) is 15.7. The largest absolute Gasteiger partial charge is 0.385 e. The average molecular weight is 294 g/mol. The van der Waals surface area contributed by atoms with E-state index in [0.717, 1.165) is 6.42 Å². The first-order valence-corrected chi connectivity index (χ1v) is 6.61. The molecule has 1 N–H and O–H groups in total. The first-order chi connectivity index (χ1) is 8.47. The average Bonchev–Trinajstić information content (AvgIpc) is 2.31. The quantitative estimate of drug-likeness (QED) is 0.794. The van der Waals surface area contributed by atoms with E-state index in [2.05, 4.69) is 5.32 Å². The molecule has 1 aromatic rings. The van der Waals surface area contributed by atoms with Crippen LogP contribution in [0.25, 0.3) is 0 Å².